The summed E-state index contributed by atoms with van der Waals surface area (Å²) in [7, 11) is 1.62. The fraction of sp³-hybridized carbons (Fsp3) is 0.348. The van der Waals surface area contributed by atoms with Gasteiger partial charge in [0.2, 0.25) is 11.0 Å². The second-order valence-electron chi connectivity index (χ2n) is 7.50. The van der Waals surface area contributed by atoms with Crippen molar-refractivity contribution in [3.05, 3.63) is 60.2 Å². The molecule has 0 aliphatic carbocycles. The number of benzene rings is 2. The summed E-state index contributed by atoms with van der Waals surface area (Å²) in [5.41, 5.74) is 2.11. The Bertz CT molecular complexity index is 1030. The molecule has 1 saturated heterocycles. The Labute approximate surface area is 201 Å². The summed E-state index contributed by atoms with van der Waals surface area (Å²) < 4.78 is 11.9. The number of rotatable bonds is 10. The number of nitrogens with zero attached hydrogens (tertiary/aromatic N) is 3. The lowest BCUT2D eigenvalue weighted by atomic mass is 10.2. The van der Waals surface area contributed by atoms with E-state index in [1.165, 1.54) is 28.7 Å². The van der Waals surface area contributed by atoms with Crippen LogP contribution in [0.2, 0.25) is 0 Å². The molecule has 1 fully saturated rings. The van der Waals surface area contributed by atoms with Crippen molar-refractivity contribution in [3.8, 4) is 5.75 Å². The molecular formula is C23H27N5O3S2. The first kappa shape index (κ1) is 23.5. The lowest BCUT2D eigenvalue weighted by Crippen LogP contribution is -2.47. The minimum atomic E-state index is -0.0433. The number of thioether (sulfide) groups is 1. The second kappa shape index (κ2) is 12.0. The summed E-state index contributed by atoms with van der Waals surface area (Å²) in [5, 5.41) is 15.1. The summed E-state index contributed by atoms with van der Waals surface area (Å²) in [6, 6.07) is 18.0. The Morgan fingerprint density at radius 1 is 1.21 bits per heavy atom. The normalized spacial score (nSPS) is 16.3. The van der Waals surface area contributed by atoms with Gasteiger partial charge >= 0.3 is 0 Å². The molecule has 4 rings (SSSR count). The number of amides is 1. The molecule has 1 atom stereocenters. The Kier molecular flexibility index (Phi) is 8.53. The van der Waals surface area contributed by atoms with E-state index in [4.69, 9.17) is 9.47 Å². The summed E-state index contributed by atoms with van der Waals surface area (Å²) >= 11 is 2.77. The van der Waals surface area contributed by atoms with Crippen molar-refractivity contribution in [1.82, 2.24) is 20.4 Å². The summed E-state index contributed by atoms with van der Waals surface area (Å²) in [6.07, 6.45) is -0.00500. The van der Waals surface area contributed by atoms with Crippen LogP contribution in [0.5, 0.6) is 5.75 Å². The molecule has 1 unspecified atom stereocenters. The van der Waals surface area contributed by atoms with Gasteiger partial charge in [-0.15, -0.1) is 10.2 Å². The Morgan fingerprint density at radius 2 is 2.03 bits per heavy atom. The van der Waals surface area contributed by atoms with Crippen LogP contribution in [-0.2, 0) is 16.1 Å². The molecular weight excluding hydrogens is 458 g/mol. The van der Waals surface area contributed by atoms with E-state index in [0.717, 1.165) is 35.4 Å². The van der Waals surface area contributed by atoms with Gasteiger partial charge in [0.15, 0.2) is 4.34 Å². The fourth-order valence-electron chi connectivity index (χ4n) is 3.48. The van der Waals surface area contributed by atoms with Crippen molar-refractivity contribution in [2.24, 2.45) is 0 Å². The number of anilines is 2. The quantitative estimate of drug-likeness (QED) is 0.423. The number of nitrogens with one attached hydrogen (secondary N) is 2. The van der Waals surface area contributed by atoms with Crippen molar-refractivity contribution >= 4 is 39.8 Å². The molecule has 1 amide bonds. The zero-order chi connectivity index (χ0) is 22.9. The van der Waals surface area contributed by atoms with E-state index in [2.05, 4.69) is 50.0 Å². The predicted octanol–water partition coefficient (Wildman–Crippen LogP) is 3.40. The van der Waals surface area contributed by atoms with Crippen LogP contribution in [0.1, 0.15) is 5.56 Å². The minimum absolute atomic E-state index is 0.00500. The van der Waals surface area contributed by atoms with E-state index < -0.39 is 0 Å². The van der Waals surface area contributed by atoms with Gasteiger partial charge in [-0.3, -0.25) is 9.69 Å². The highest BCUT2D eigenvalue weighted by Gasteiger charge is 2.21. The van der Waals surface area contributed by atoms with E-state index >= 15 is 0 Å². The van der Waals surface area contributed by atoms with E-state index in [1.54, 1.807) is 7.11 Å². The van der Waals surface area contributed by atoms with E-state index in [9.17, 15) is 4.79 Å². The molecule has 0 saturated carbocycles. The smallest absolute Gasteiger partial charge is 0.230 e. The van der Waals surface area contributed by atoms with Crippen LogP contribution in [-0.4, -0.2) is 66.2 Å². The molecule has 2 aromatic carbocycles. The fourth-order valence-corrected chi connectivity index (χ4v) is 5.07. The van der Waals surface area contributed by atoms with Crippen LogP contribution in [0.15, 0.2) is 58.9 Å². The van der Waals surface area contributed by atoms with Gasteiger partial charge in [0.05, 0.1) is 31.3 Å². The predicted molar refractivity (Wildman–Crippen MR) is 131 cm³/mol. The van der Waals surface area contributed by atoms with Crippen LogP contribution in [0, 0.1) is 0 Å². The van der Waals surface area contributed by atoms with Gasteiger partial charge in [-0.05, 0) is 17.7 Å². The number of ether oxygens (including phenoxy) is 2. The van der Waals surface area contributed by atoms with Crippen LogP contribution >= 0.6 is 23.1 Å². The highest BCUT2D eigenvalue weighted by molar-refractivity contribution is 8.01. The average Bonchev–Trinajstić information content (AvgIpc) is 3.30. The standard InChI is InChI=1S/C23H27N5O3S2/c1-30-20-10-6-5-9-19(20)25-22-26-27-23(33-22)32-16-21(29)24-13-18-15-28(11-12-31-18)14-17-7-3-2-4-8-17/h2-10,18H,11-16H2,1H3,(H,24,29)(H,25,26). The summed E-state index contributed by atoms with van der Waals surface area (Å²) in [6.45, 7) is 3.78. The maximum atomic E-state index is 12.3. The monoisotopic (exact) mass is 485 g/mol. The minimum Gasteiger partial charge on any atom is -0.495 e. The Morgan fingerprint density at radius 3 is 2.88 bits per heavy atom. The Hall–Kier alpha value is -2.66. The second-order valence-corrected chi connectivity index (χ2v) is 9.70. The third-order valence-electron chi connectivity index (χ3n) is 5.08. The molecule has 10 heteroatoms. The molecule has 1 aromatic heterocycles. The number of methoxy groups -OCH3 is 1. The maximum absolute atomic E-state index is 12.3. The molecule has 2 heterocycles. The maximum Gasteiger partial charge on any atom is 0.230 e. The van der Waals surface area contributed by atoms with Gasteiger partial charge in [-0.25, -0.2) is 0 Å². The molecule has 8 nitrogen and oxygen atoms in total. The lowest BCUT2D eigenvalue weighted by Gasteiger charge is -2.33. The van der Waals surface area contributed by atoms with Gasteiger partial charge in [0.25, 0.3) is 0 Å². The molecule has 0 bridgehead atoms. The zero-order valence-corrected chi connectivity index (χ0v) is 20.0. The molecule has 33 heavy (non-hydrogen) atoms. The number of aromatic nitrogens is 2. The first-order chi connectivity index (χ1) is 16.2. The summed E-state index contributed by atoms with van der Waals surface area (Å²) in [4.78, 5) is 14.7. The largest absolute Gasteiger partial charge is 0.495 e. The highest BCUT2D eigenvalue weighted by Crippen LogP contribution is 2.31. The van der Waals surface area contributed by atoms with Gasteiger partial charge in [0, 0.05) is 26.2 Å². The van der Waals surface area contributed by atoms with Gasteiger partial charge in [0.1, 0.15) is 5.75 Å². The van der Waals surface area contributed by atoms with Crippen molar-refractivity contribution in [3.63, 3.8) is 0 Å². The van der Waals surface area contributed by atoms with Crippen molar-refractivity contribution in [1.29, 1.82) is 0 Å². The van der Waals surface area contributed by atoms with Crippen LogP contribution in [0.3, 0.4) is 0 Å². The molecule has 0 radical (unpaired) electrons. The number of carbonyl (C=O) groups is 1. The highest BCUT2D eigenvalue weighted by atomic mass is 32.2. The first-order valence-corrected chi connectivity index (χ1v) is 12.5. The molecule has 3 aromatic rings. The number of carbonyl (C=O) groups excluding carboxylic acids is 1. The third kappa shape index (κ3) is 7.16. The number of hydrogen-bond acceptors (Lipinski definition) is 9. The van der Waals surface area contributed by atoms with Gasteiger partial charge in [-0.1, -0.05) is 65.6 Å². The van der Waals surface area contributed by atoms with Crippen LogP contribution < -0.4 is 15.4 Å². The average molecular weight is 486 g/mol. The molecule has 174 valence electrons. The van der Waals surface area contributed by atoms with Crippen LogP contribution in [0.4, 0.5) is 10.8 Å². The van der Waals surface area contributed by atoms with Crippen molar-refractivity contribution in [2.75, 3.05) is 44.4 Å². The topological polar surface area (TPSA) is 88.6 Å². The number of para-hydroxylation sites is 2. The van der Waals surface area contributed by atoms with Crippen molar-refractivity contribution in [2.45, 2.75) is 17.0 Å². The van der Waals surface area contributed by atoms with Crippen LogP contribution in [0.25, 0.3) is 0 Å². The van der Waals surface area contributed by atoms with Crippen molar-refractivity contribution < 1.29 is 14.3 Å². The van der Waals surface area contributed by atoms with E-state index in [0.29, 0.717) is 18.3 Å². The van der Waals surface area contributed by atoms with Gasteiger partial charge in [-0.2, -0.15) is 0 Å². The number of hydrogen-bond donors (Lipinski definition) is 2. The molecule has 1 aliphatic rings. The van der Waals surface area contributed by atoms with E-state index in [-0.39, 0.29) is 17.8 Å². The van der Waals surface area contributed by atoms with E-state index in [1.807, 2.05) is 30.3 Å². The number of morpholine rings is 1. The zero-order valence-electron chi connectivity index (χ0n) is 18.4. The SMILES string of the molecule is COc1ccccc1Nc1nnc(SCC(=O)NCC2CN(Cc3ccccc3)CCO2)s1. The molecule has 0 spiro atoms. The first-order valence-electron chi connectivity index (χ1n) is 10.7. The molecule has 1 aliphatic heterocycles. The van der Waals surface area contributed by atoms with Gasteiger partial charge < -0.3 is 20.1 Å². The lowest BCUT2D eigenvalue weighted by molar-refractivity contribution is -0.119. The Balaban J connectivity index is 1.18. The summed E-state index contributed by atoms with van der Waals surface area (Å²) in [5.74, 6) is 0.968. The third-order valence-corrected chi connectivity index (χ3v) is 7.05. The molecule has 2 N–H and O–H groups in total.